The average molecular weight is 351 g/mol. The fourth-order valence-corrected chi connectivity index (χ4v) is 2.11. The number of carbonyl (C=O) groups is 1. The van der Waals surface area contributed by atoms with Gasteiger partial charge in [0.05, 0.1) is 11.5 Å². The van der Waals surface area contributed by atoms with E-state index in [1.807, 2.05) is 0 Å². The number of nitro benzene ring substituents is 1. The second-order valence-corrected chi connectivity index (χ2v) is 4.75. The number of nitrogens with zero attached hydrogens (tertiary/aromatic N) is 3. The molecule has 1 aromatic carbocycles. The Bertz CT molecular complexity index is 493. The molecule has 0 bridgehead atoms. The fourth-order valence-electron chi connectivity index (χ4n) is 2.11. The van der Waals surface area contributed by atoms with Gasteiger partial charge in [0.1, 0.15) is 0 Å². The number of benzene rings is 1. The van der Waals surface area contributed by atoms with Gasteiger partial charge in [-0.05, 0) is 12.1 Å². The van der Waals surface area contributed by atoms with E-state index in [2.05, 4.69) is 10.2 Å². The second kappa shape index (κ2) is 9.58. The minimum absolute atomic E-state index is 0. The lowest BCUT2D eigenvalue weighted by molar-refractivity contribution is -0.384. The summed E-state index contributed by atoms with van der Waals surface area (Å²) in [5, 5.41) is 13.8. The number of anilines is 1. The Balaban J connectivity index is 0.00000220. The molecule has 22 heavy (non-hydrogen) atoms. The van der Waals surface area contributed by atoms with Crippen molar-refractivity contribution in [1.29, 1.82) is 0 Å². The minimum Gasteiger partial charge on any atom is -0.314 e. The predicted molar refractivity (Wildman–Crippen MR) is 90.3 cm³/mol. The van der Waals surface area contributed by atoms with Crippen molar-refractivity contribution >= 4 is 42.1 Å². The number of non-ortho nitro benzene ring substituents is 1. The first-order valence-electron chi connectivity index (χ1n) is 6.52. The Morgan fingerprint density at radius 2 is 1.82 bits per heavy atom. The molecule has 124 valence electrons. The van der Waals surface area contributed by atoms with Crippen molar-refractivity contribution in [2.75, 3.05) is 44.7 Å². The summed E-state index contributed by atoms with van der Waals surface area (Å²) < 4.78 is 0. The first-order chi connectivity index (χ1) is 9.58. The normalized spacial score (nSPS) is 14.4. The summed E-state index contributed by atoms with van der Waals surface area (Å²) in [4.78, 5) is 25.9. The molecule has 2 rings (SSSR count). The van der Waals surface area contributed by atoms with Crippen LogP contribution in [0.15, 0.2) is 24.3 Å². The largest absolute Gasteiger partial charge is 0.314 e. The summed E-state index contributed by atoms with van der Waals surface area (Å²) in [6.07, 6.45) is 0. The summed E-state index contributed by atoms with van der Waals surface area (Å²) in [6.45, 7) is 3.89. The van der Waals surface area contributed by atoms with Crippen molar-refractivity contribution in [3.05, 3.63) is 34.4 Å². The first-order valence-corrected chi connectivity index (χ1v) is 6.52. The van der Waals surface area contributed by atoms with Gasteiger partial charge in [-0.15, -0.1) is 24.8 Å². The lowest BCUT2D eigenvalue weighted by Crippen LogP contribution is -2.47. The number of halogens is 2. The summed E-state index contributed by atoms with van der Waals surface area (Å²) in [7, 11) is 1.69. The molecule has 1 aromatic rings. The maximum Gasteiger partial charge on any atom is 0.269 e. The number of likely N-dealkylation sites (N-methyl/N-ethyl adjacent to an activating group) is 1. The van der Waals surface area contributed by atoms with Crippen LogP contribution in [-0.2, 0) is 4.79 Å². The van der Waals surface area contributed by atoms with Gasteiger partial charge in [-0.1, -0.05) is 0 Å². The molecule has 1 fully saturated rings. The van der Waals surface area contributed by atoms with E-state index in [4.69, 9.17) is 0 Å². The highest BCUT2D eigenvalue weighted by Crippen LogP contribution is 2.18. The molecule has 1 heterocycles. The number of hydrogen-bond acceptors (Lipinski definition) is 5. The zero-order chi connectivity index (χ0) is 14.5. The Labute approximate surface area is 141 Å². The van der Waals surface area contributed by atoms with E-state index in [-0.39, 0.29) is 36.4 Å². The van der Waals surface area contributed by atoms with Gasteiger partial charge in [0.25, 0.3) is 5.69 Å². The summed E-state index contributed by atoms with van der Waals surface area (Å²) in [5.41, 5.74) is 0.687. The van der Waals surface area contributed by atoms with E-state index in [0.717, 1.165) is 26.2 Å². The number of hydrogen-bond donors (Lipinski definition) is 1. The van der Waals surface area contributed by atoms with E-state index < -0.39 is 4.92 Å². The number of nitrogens with one attached hydrogen (secondary N) is 1. The molecule has 0 unspecified atom stereocenters. The summed E-state index contributed by atoms with van der Waals surface area (Å²) >= 11 is 0. The quantitative estimate of drug-likeness (QED) is 0.654. The van der Waals surface area contributed by atoms with Gasteiger partial charge in [-0.2, -0.15) is 0 Å². The van der Waals surface area contributed by atoms with Gasteiger partial charge in [0, 0.05) is 51.0 Å². The average Bonchev–Trinajstić information content (AvgIpc) is 2.47. The van der Waals surface area contributed by atoms with Crippen molar-refractivity contribution in [1.82, 2.24) is 10.2 Å². The van der Waals surface area contributed by atoms with Crippen LogP contribution < -0.4 is 10.2 Å². The van der Waals surface area contributed by atoms with Crippen molar-refractivity contribution in [2.45, 2.75) is 0 Å². The molecule has 1 N–H and O–H groups in total. The number of carbonyl (C=O) groups excluding carboxylic acids is 1. The van der Waals surface area contributed by atoms with Crippen LogP contribution in [0.4, 0.5) is 11.4 Å². The van der Waals surface area contributed by atoms with Crippen molar-refractivity contribution in [3.63, 3.8) is 0 Å². The van der Waals surface area contributed by atoms with Crippen LogP contribution in [0.3, 0.4) is 0 Å². The molecule has 9 heteroatoms. The van der Waals surface area contributed by atoms with E-state index in [1.54, 1.807) is 19.2 Å². The van der Waals surface area contributed by atoms with Crippen LogP contribution in [0.25, 0.3) is 0 Å². The second-order valence-electron chi connectivity index (χ2n) is 4.75. The van der Waals surface area contributed by atoms with E-state index in [0.29, 0.717) is 12.2 Å². The molecule has 0 saturated carbocycles. The highest BCUT2D eigenvalue weighted by molar-refractivity contribution is 5.94. The highest BCUT2D eigenvalue weighted by Gasteiger charge is 2.17. The number of piperazine rings is 1. The molecule has 1 saturated heterocycles. The number of rotatable bonds is 4. The molecule has 1 aliphatic heterocycles. The van der Waals surface area contributed by atoms with Crippen LogP contribution in [0.5, 0.6) is 0 Å². The Hall–Kier alpha value is -1.41. The molecular weight excluding hydrogens is 331 g/mol. The highest BCUT2D eigenvalue weighted by atomic mass is 35.5. The molecule has 0 spiro atoms. The molecule has 1 aliphatic rings. The smallest absolute Gasteiger partial charge is 0.269 e. The minimum atomic E-state index is -0.452. The van der Waals surface area contributed by atoms with Crippen molar-refractivity contribution in [3.8, 4) is 0 Å². The third-order valence-electron chi connectivity index (χ3n) is 3.39. The van der Waals surface area contributed by atoms with Crippen LogP contribution in [0.1, 0.15) is 0 Å². The monoisotopic (exact) mass is 350 g/mol. The van der Waals surface area contributed by atoms with Crippen molar-refractivity contribution in [2.24, 2.45) is 0 Å². The van der Waals surface area contributed by atoms with E-state index in [9.17, 15) is 14.9 Å². The summed E-state index contributed by atoms with van der Waals surface area (Å²) in [6, 6.07) is 6.00. The SMILES string of the molecule is CN(C(=O)CN1CCNCC1)c1ccc([N+](=O)[O-])cc1.Cl.Cl. The third-order valence-corrected chi connectivity index (χ3v) is 3.39. The molecule has 1 amide bonds. The third kappa shape index (κ3) is 5.42. The maximum absolute atomic E-state index is 12.2. The fraction of sp³-hybridized carbons (Fsp3) is 0.462. The zero-order valence-electron chi connectivity index (χ0n) is 12.2. The lowest BCUT2D eigenvalue weighted by Gasteiger charge is -2.28. The first kappa shape index (κ1) is 20.6. The van der Waals surface area contributed by atoms with E-state index >= 15 is 0 Å². The molecule has 0 radical (unpaired) electrons. The van der Waals surface area contributed by atoms with Gasteiger partial charge >= 0.3 is 0 Å². The molecule has 0 atom stereocenters. The predicted octanol–water partition coefficient (Wildman–Crippen LogP) is 1.31. The lowest BCUT2D eigenvalue weighted by atomic mass is 10.2. The van der Waals surface area contributed by atoms with Gasteiger partial charge < -0.3 is 10.2 Å². The Kier molecular flexibility index (Phi) is 8.96. The van der Waals surface area contributed by atoms with Crippen LogP contribution >= 0.6 is 24.8 Å². The van der Waals surface area contributed by atoms with Gasteiger partial charge in [-0.25, -0.2) is 0 Å². The topological polar surface area (TPSA) is 78.7 Å². The van der Waals surface area contributed by atoms with Gasteiger partial charge in [0.2, 0.25) is 5.91 Å². The van der Waals surface area contributed by atoms with Gasteiger partial charge in [-0.3, -0.25) is 19.8 Å². The van der Waals surface area contributed by atoms with Crippen molar-refractivity contribution < 1.29 is 9.72 Å². The Morgan fingerprint density at radius 3 is 2.32 bits per heavy atom. The Morgan fingerprint density at radius 1 is 1.27 bits per heavy atom. The zero-order valence-corrected chi connectivity index (χ0v) is 13.9. The number of amides is 1. The molecule has 0 aromatic heterocycles. The van der Waals surface area contributed by atoms with Gasteiger partial charge in [0.15, 0.2) is 0 Å². The van der Waals surface area contributed by atoms with Crippen LogP contribution in [-0.4, -0.2) is 55.5 Å². The molecular formula is C13H20Cl2N4O3. The summed E-state index contributed by atoms with van der Waals surface area (Å²) in [5.74, 6) is -0.0132. The number of nitro groups is 1. The maximum atomic E-state index is 12.2. The van der Waals surface area contributed by atoms with Crippen LogP contribution in [0, 0.1) is 10.1 Å². The van der Waals surface area contributed by atoms with E-state index in [1.165, 1.54) is 17.0 Å². The molecule has 7 nitrogen and oxygen atoms in total. The standard InChI is InChI=1S/C13H18N4O3.2ClH/c1-15(11-2-4-12(5-3-11)17(19)20)13(18)10-16-8-6-14-7-9-16;;/h2-5,14H,6-10H2,1H3;2*1H. The van der Waals surface area contributed by atoms with Crippen LogP contribution in [0.2, 0.25) is 0 Å². The molecule has 0 aliphatic carbocycles.